The SMILES string of the molecule is C=CC(=O)Nc1cccc(Oc2nc(Nc3ccc(N(C)[C@H]4CCN(CCF)C4)cc3)nc3[nH]ccc23)c1. The summed E-state index contributed by atoms with van der Waals surface area (Å²) >= 11 is 0. The van der Waals surface area contributed by atoms with Crippen LogP contribution in [-0.2, 0) is 4.79 Å². The molecule has 2 aromatic carbocycles. The van der Waals surface area contributed by atoms with E-state index in [0.29, 0.717) is 41.5 Å². The van der Waals surface area contributed by atoms with Gasteiger partial charge >= 0.3 is 0 Å². The van der Waals surface area contributed by atoms with Crippen molar-refractivity contribution in [3.8, 4) is 11.6 Å². The van der Waals surface area contributed by atoms with Crippen molar-refractivity contribution in [2.24, 2.45) is 0 Å². The van der Waals surface area contributed by atoms with Crippen molar-refractivity contribution in [2.75, 3.05) is 48.9 Å². The summed E-state index contributed by atoms with van der Waals surface area (Å²) < 4.78 is 18.8. The van der Waals surface area contributed by atoms with Gasteiger partial charge in [0.05, 0.1) is 5.39 Å². The number of ether oxygens (including phenoxy) is 1. The van der Waals surface area contributed by atoms with Gasteiger partial charge in [-0.3, -0.25) is 9.69 Å². The predicted octanol–water partition coefficient (Wildman–Crippen LogP) is 5.10. The number of likely N-dealkylation sites (tertiary alicyclic amines) is 1. The molecule has 196 valence electrons. The van der Waals surface area contributed by atoms with E-state index in [9.17, 15) is 9.18 Å². The Kier molecular flexibility index (Phi) is 7.50. The topological polar surface area (TPSA) is 98.4 Å². The van der Waals surface area contributed by atoms with Crippen molar-refractivity contribution in [1.29, 1.82) is 0 Å². The van der Waals surface area contributed by atoms with Gasteiger partial charge in [-0.15, -0.1) is 0 Å². The van der Waals surface area contributed by atoms with E-state index < -0.39 is 0 Å². The fourth-order valence-electron chi connectivity index (χ4n) is 4.56. The number of H-pyrrole nitrogens is 1. The normalized spacial score (nSPS) is 15.4. The highest BCUT2D eigenvalue weighted by molar-refractivity contribution is 5.99. The summed E-state index contributed by atoms with van der Waals surface area (Å²) in [5, 5.41) is 6.71. The molecule has 1 aliphatic rings. The Balaban J connectivity index is 1.31. The van der Waals surface area contributed by atoms with E-state index in [0.717, 1.165) is 36.3 Å². The molecule has 3 heterocycles. The number of hydrogen-bond donors (Lipinski definition) is 3. The second kappa shape index (κ2) is 11.3. The van der Waals surface area contributed by atoms with E-state index in [2.05, 4.69) is 49.0 Å². The lowest BCUT2D eigenvalue weighted by atomic mass is 10.2. The Bertz CT molecular complexity index is 1420. The first kappa shape index (κ1) is 25.2. The number of nitrogens with zero attached hydrogens (tertiary/aromatic N) is 4. The zero-order chi connectivity index (χ0) is 26.5. The molecule has 0 radical (unpaired) electrons. The first-order valence-electron chi connectivity index (χ1n) is 12.5. The summed E-state index contributed by atoms with van der Waals surface area (Å²) in [7, 11) is 2.08. The van der Waals surface area contributed by atoms with Crippen LogP contribution in [0.1, 0.15) is 6.42 Å². The van der Waals surface area contributed by atoms with Crippen molar-refractivity contribution in [2.45, 2.75) is 12.5 Å². The van der Waals surface area contributed by atoms with Gasteiger partial charge in [0.15, 0.2) is 0 Å². The number of benzene rings is 2. The molecular weight excluding hydrogens is 485 g/mol. The lowest BCUT2D eigenvalue weighted by molar-refractivity contribution is -0.111. The highest BCUT2D eigenvalue weighted by Crippen LogP contribution is 2.31. The predicted molar refractivity (Wildman–Crippen MR) is 148 cm³/mol. The molecule has 1 amide bonds. The largest absolute Gasteiger partial charge is 0.438 e. The third-order valence-corrected chi connectivity index (χ3v) is 6.61. The van der Waals surface area contributed by atoms with E-state index in [1.165, 1.54) is 6.08 Å². The summed E-state index contributed by atoms with van der Waals surface area (Å²) in [5.74, 6) is 0.970. The van der Waals surface area contributed by atoms with Gasteiger partial charge in [0.25, 0.3) is 0 Å². The fourth-order valence-corrected chi connectivity index (χ4v) is 4.56. The molecule has 1 fully saturated rings. The Morgan fingerprint density at radius 1 is 1.24 bits per heavy atom. The third-order valence-electron chi connectivity index (χ3n) is 6.61. The summed E-state index contributed by atoms with van der Waals surface area (Å²) in [5.41, 5.74) is 3.14. The number of rotatable bonds is 10. The van der Waals surface area contributed by atoms with Gasteiger partial charge in [-0.2, -0.15) is 9.97 Å². The number of nitrogens with one attached hydrogen (secondary N) is 3. The Hall–Kier alpha value is -4.44. The van der Waals surface area contributed by atoms with Crippen molar-refractivity contribution in [1.82, 2.24) is 19.9 Å². The van der Waals surface area contributed by atoms with Gasteiger partial charge in [-0.05, 0) is 55.0 Å². The van der Waals surface area contributed by atoms with Crippen molar-refractivity contribution >= 4 is 40.0 Å². The Labute approximate surface area is 220 Å². The van der Waals surface area contributed by atoms with Crippen LogP contribution in [-0.4, -0.2) is 65.2 Å². The molecule has 4 aromatic rings. The highest BCUT2D eigenvalue weighted by Gasteiger charge is 2.25. The van der Waals surface area contributed by atoms with Crippen molar-refractivity contribution in [3.63, 3.8) is 0 Å². The molecule has 5 rings (SSSR count). The molecule has 9 nitrogen and oxygen atoms in total. The number of aromatic nitrogens is 3. The van der Waals surface area contributed by atoms with Crippen molar-refractivity contribution < 1.29 is 13.9 Å². The van der Waals surface area contributed by atoms with Gasteiger partial charge < -0.3 is 25.3 Å². The second-order valence-electron chi connectivity index (χ2n) is 9.13. The van der Waals surface area contributed by atoms with E-state index >= 15 is 0 Å². The Morgan fingerprint density at radius 3 is 2.87 bits per heavy atom. The lowest BCUT2D eigenvalue weighted by Crippen LogP contribution is -2.35. The third kappa shape index (κ3) is 5.76. The molecule has 38 heavy (non-hydrogen) atoms. The molecule has 0 saturated carbocycles. The van der Waals surface area contributed by atoms with Crippen molar-refractivity contribution in [3.05, 3.63) is 73.4 Å². The molecule has 3 N–H and O–H groups in total. The minimum absolute atomic E-state index is 0.303. The number of alkyl halides is 1. The van der Waals surface area contributed by atoms with Crippen LogP contribution in [0.15, 0.2) is 73.4 Å². The van der Waals surface area contributed by atoms with Crippen LogP contribution in [0.25, 0.3) is 11.0 Å². The summed E-state index contributed by atoms with van der Waals surface area (Å²) in [6, 6.07) is 17.3. The molecule has 0 bridgehead atoms. The standard InChI is InChI=1S/C28H30FN7O2/c1-3-25(37)31-20-5-4-6-23(17-20)38-27-24-11-14-30-26(24)33-28(34-27)32-19-7-9-21(10-8-19)35(2)22-12-15-36(18-22)16-13-29/h3-11,14,17,22H,1,12-13,15-16,18H2,2H3,(H,31,37)(H2,30,32,33,34)/t22-/m0/s1. The first-order valence-corrected chi connectivity index (χ1v) is 12.5. The van der Waals surface area contributed by atoms with Crippen LogP contribution >= 0.6 is 0 Å². The number of halogens is 1. The Morgan fingerprint density at radius 2 is 2.08 bits per heavy atom. The summed E-state index contributed by atoms with van der Waals surface area (Å²) in [6.45, 7) is 5.47. The molecular formula is C28H30FN7O2. The van der Waals surface area contributed by atoms with Crippen LogP contribution in [0.4, 0.5) is 27.4 Å². The van der Waals surface area contributed by atoms with Crippen LogP contribution in [0.5, 0.6) is 11.6 Å². The minimum Gasteiger partial charge on any atom is -0.438 e. The molecule has 1 aliphatic heterocycles. The van der Waals surface area contributed by atoms with E-state index in [1.807, 2.05) is 30.3 Å². The van der Waals surface area contributed by atoms with E-state index in [4.69, 9.17) is 4.74 Å². The molecule has 0 unspecified atom stereocenters. The lowest BCUT2D eigenvalue weighted by Gasteiger charge is -2.27. The van der Waals surface area contributed by atoms with Gasteiger partial charge in [0.2, 0.25) is 17.7 Å². The number of fused-ring (bicyclic) bond motifs is 1. The monoisotopic (exact) mass is 515 g/mol. The van der Waals surface area contributed by atoms with Gasteiger partial charge in [0, 0.05) is 62.0 Å². The number of anilines is 4. The summed E-state index contributed by atoms with van der Waals surface area (Å²) in [6.07, 6.45) is 4.01. The molecule has 0 aliphatic carbocycles. The number of aromatic amines is 1. The number of carbonyl (C=O) groups excluding carboxylic acids is 1. The molecule has 10 heteroatoms. The second-order valence-corrected chi connectivity index (χ2v) is 9.13. The van der Waals surface area contributed by atoms with Gasteiger partial charge in [-0.25, -0.2) is 4.39 Å². The maximum Gasteiger partial charge on any atom is 0.247 e. The molecule has 1 atom stereocenters. The van der Waals surface area contributed by atoms with Crippen LogP contribution in [0.2, 0.25) is 0 Å². The smallest absolute Gasteiger partial charge is 0.247 e. The minimum atomic E-state index is -0.305. The quantitative estimate of drug-likeness (QED) is 0.253. The van der Waals surface area contributed by atoms with Gasteiger partial charge in [0.1, 0.15) is 18.1 Å². The molecule has 0 spiro atoms. The van der Waals surface area contributed by atoms with Crippen LogP contribution < -0.4 is 20.3 Å². The van der Waals surface area contributed by atoms with Crippen LogP contribution in [0, 0.1) is 0 Å². The van der Waals surface area contributed by atoms with Gasteiger partial charge in [-0.1, -0.05) is 12.6 Å². The number of carbonyl (C=O) groups is 1. The maximum atomic E-state index is 12.7. The maximum absolute atomic E-state index is 12.7. The molecule has 2 aromatic heterocycles. The zero-order valence-corrected chi connectivity index (χ0v) is 21.2. The highest BCUT2D eigenvalue weighted by atomic mass is 19.1. The fraction of sp³-hybridized carbons (Fsp3) is 0.250. The van der Waals surface area contributed by atoms with E-state index in [1.54, 1.807) is 30.5 Å². The average Bonchev–Trinajstić information content (AvgIpc) is 3.59. The zero-order valence-electron chi connectivity index (χ0n) is 21.2. The number of amides is 1. The number of hydrogen-bond acceptors (Lipinski definition) is 7. The molecule has 1 saturated heterocycles. The first-order chi connectivity index (χ1) is 18.5. The van der Waals surface area contributed by atoms with Crippen LogP contribution in [0.3, 0.4) is 0 Å². The summed E-state index contributed by atoms with van der Waals surface area (Å²) in [4.78, 5) is 28.4. The van der Waals surface area contributed by atoms with E-state index in [-0.39, 0.29) is 12.6 Å². The average molecular weight is 516 g/mol. The number of likely N-dealkylation sites (N-methyl/N-ethyl adjacent to an activating group) is 1.